The number of hydrogen-bond acceptors (Lipinski definition) is 3. The minimum atomic E-state index is -0.945. The van der Waals surface area contributed by atoms with Crippen LogP contribution in [0.4, 0.5) is 11.5 Å². The molecule has 0 aliphatic rings. The van der Waals surface area contributed by atoms with Crippen LogP contribution >= 0.6 is 15.9 Å². The summed E-state index contributed by atoms with van der Waals surface area (Å²) in [7, 11) is 0. The number of phenolic OH excluding ortho intramolecular Hbond substituents is 1. The maximum atomic E-state index is 10.9. The van der Waals surface area contributed by atoms with Gasteiger partial charge in [0.15, 0.2) is 0 Å². The van der Waals surface area contributed by atoms with Crippen LogP contribution in [0.5, 0.6) is 5.75 Å². The summed E-state index contributed by atoms with van der Waals surface area (Å²) in [6.07, 6.45) is 0. The fourth-order valence-electron chi connectivity index (χ4n) is 2.71. The van der Waals surface area contributed by atoms with Gasteiger partial charge in [0.2, 0.25) is 0 Å². The van der Waals surface area contributed by atoms with E-state index >= 15 is 0 Å². The molecule has 0 aliphatic heterocycles. The van der Waals surface area contributed by atoms with E-state index in [9.17, 15) is 9.90 Å². The van der Waals surface area contributed by atoms with E-state index in [4.69, 9.17) is 5.11 Å². The minimum absolute atomic E-state index is 0.209. The highest BCUT2D eigenvalue weighted by molar-refractivity contribution is 9.10. The van der Waals surface area contributed by atoms with Crippen LogP contribution in [-0.4, -0.2) is 20.7 Å². The molecular formula is C19H17BrN2O3. The van der Waals surface area contributed by atoms with Crippen LogP contribution < -0.4 is 5.32 Å². The molecule has 0 saturated carbocycles. The van der Waals surface area contributed by atoms with E-state index in [0.29, 0.717) is 0 Å². The van der Waals surface area contributed by atoms with Gasteiger partial charge in [-0.3, -0.25) is 0 Å². The summed E-state index contributed by atoms with van der Waals surface area (Å²) in [5.74, 6) is 0.149. The Balaban J connectivity index is 1.94. The number of carboxylic acid groups (broad SMARTS) is 1. The van der Waals surface area contributed by atoms with Crippen molar-refractivity contribution in [2.24, 2.45) is 0 Å². The second-order valence-electron chi connectivity index (χ2n) is 5.52. The van der Waals surface area contributed by atoms with E-state index < -0.39 is 5.97 Å². The van der Waals surface area contributed by atoms with Crippen LogP contribution in [0.25, 0.3) is 11.3 Å². The number of carbonyl (C=O) groups is 1. The standard InChI is InChI=1S/C19H17BrN2O3/c1-2-22-17(15-11-14(23)7-8-16(15)20)9-10-18(22)21-13-5-3-12(4-6-13)19(24)25/h3-11,21,23H,2H2,1H3,(H,24,25). The fourth-order valence-corrected chi connectivity index (χ4v) is 3.16. The monoisotopic (exact) mass is 400 g/mol. The second-order valence-corrected chi connectivity index (χ2v) is 6.37. The molecule has 6 heteroatoms. The Morgan fingerprint density at radius 2 is 1.84 bits per heavy atom. The van der Waals surface area contributed by atoms with Crippen LogP contribution in [0.1, 0.15) is 17.3 Å². The number of rotatable bonds is 5. The molecule has 0 amide bonds. The lowest BCUT2D eigenvalue weighted by Crippen LogP contribution is -2.03. The zero-order valence-corrected chi connectivity index (χ0v) is 15.1. The van der Waals surface area contributed by atoms with Crippen LogP contribution in [0, 0.1) is 0 Å². The average molecular weight is 401 g/mol. The van der Waals surface area contributed by atoms with Gasteiger partial charge in [-0.2, -0.15) is 0 Å². The first-order valence-corrected chi connectivity index (χ1v) is 8.57. The average Bonchev–Trinajstić information content (AvgIpc) is 3.00. The van der Waals surface area contributed by atoms with Crippen molar-refractivity contribution >= 4 is 33.4 Å². The molecule has 128 valence electrons. The molecule has 0 fully saturated rings. The van der Waals surface area contributed by atoms with Gasteiger partial charge in [0.25, 0.3) is 0 Å². The maximum Gasteiger partial charge on any atom is 0.335 e. The lowest BCUT2D eigenvalue weighted by molar-refractivity contribution is 0.0697. The SMILES string of the molecule is CCn1c(Nc2ccc(C(=O)O)cc2)ccc1-c1cc(O)ccc1Br. The highest BCUT2D eigenvalue weighted by Gasteiger charge is 2.13. The van der Waals surface area contributed by atoms with Gasteiger partial charge in [-0.05, 0) is 61.5 Å². The molecule has 0 saturated heterocycles. The molecule has 0 unspecified atom stereocenters. The van der Waals surface area contributed by atoms with Crippen molar-refractivity contribution in [2.45, 2.75) is 13.5 Å². The van der Waals surface area contributed by atoms with Crippen molar-refractivity contribution < 1.29 is 15.0 Å². The summed E-state index contributed by atoms with van der Waals surface area (Å²) in [4.78, 5) is 10.9. The third-order valence-corrected chi connectivity index (χ3v) is 4.62. The number of nitrogens with one attached hydrogen (secondary N) is 1. The Morgan fingerprint density at radius 1 is 1.12 bits per heavy atom. The first kappa shape index (κ1) is 17.1. The molecule has 3 aromatic rings. The molecule has 2 aromatic carbocycles. The van der Waals surface area contributed by atoms with Gasteiger partial charge in [-0.25, -0.2) is 4.79 Å². The van der Waals surface area contributed by atoms with E-state index in [1.165, 1.54) is 0 Å². The Labute approximate surface area is 153 Å². The number of aromatic hydroxyl groups is 1. The van der Waals surface area contributed by atoms with Crippen molar-refractivity contribution in [3.63, 3.8) is 0 Å². The Kier molecular flexibility index (Phi) is 4.81. The van der Waals surface area contributed by atoms with Crippen LogP contribution in [0.15, 0.2) is 59.1 Å². The molecule has 25 heavy (non-hydrogen) atoms. The smallest absolute Gasteiger partial charge is 0.335 e. The Morgan fingerprint density at radius 3 is 2.48 bits per heavy atom. The lowest BCUT2D eigenvalue weighted by Gasteiger charge is -2.14. The second kappa shape index (κ2) is 7.03. The molecule has 0 bridgehead atoms. The van der Waals surface area contributed by atoms with Crippen molar-refractivity contribution in [3.8, 4) is 17.0 Å². The predicted octanol–water partition coefficient (Wildman–Crippen LogP) is 5.08. The summed E-state index contributed by atoms with van der Waals surface area (Å²) >= 11 is 3.53. The number of anilines is 2. The van der Waals surface area contributed by atoms with Crippen molar-refractivity contribution in [1.29, 1.82) is 0 Å². The molecule has 3 N–H and O–H groups in total. The number of aromatic nitrogens is 1. The first-order valence-electron chi connectivity index (χ1n) is 7.78. The normalized spacial score (nSPS) is 10.6. The van der Waals surface area contributed by atoms with Gasteiger partial charge in [0.1, 0.15) is 11.6 Å². The molecule has 0 radical (unpaired) electrons. The van der Waals surface area contributed by atoms with Crippen molar-refractivity contribution in [2.75, 3.05) is 5.32 Å². The lowest BCUT2D eigenvalue weighted by atomic mass is 10.1. The summed E-state index contributed by atoms with van der Waals surface area (Å²) in [5, 5.41) is 22.1. The van der Waals surface area contributed by atoms with Crippen LogP contribution in [-0.2, 0) is 6.54 Å². The van der Waals surface area contributed by atoms with E-state index in [-0.39, 0.29) is 11.3 Å². The largest absolute Gasteiger partial charge is 0.508 e. The fraction of sp³-hybridized carbons (Fsp3) is 0.105. The van der Waals surface area contributed by atoms with Crippen LogP contribution in [0.2, 0.25) is 0 Å². The number of benzene rings is 2. The van der Waals surface area contributed by atoms with Gasteiger partial charge < -0.3 is 20.1 Å². The van der Waals surface area contributed by atoms with E-state index in [0.717, 1.165) is 33.8 Å². The van der Waals surface area contributed by atoms with Gasteiger partial charge in [0, 0.05) is 22.3 Å². The van der Waals surface area contributed by atoms with Crippen LogP contribution in [0.3, 0.4) is 0 Å². The first-order chi connectivity index (χ1) is 12.0. The maximum absolute atomic E-state index is 10.9. The molecule has 1 aromatic heterocycles. The predicted molar refractivity (Wildman–Crippen MR) is 102 cm³/mol. The quantitative estimate of drug-likeness (QED) is 0.557. The van der Waals surface area contributed by atoms with Crippen molar-refractivity contribution in [1.82, 2.24) is 4.57 Å². The summed E-state index contributed by atoms with van der Waals surface area (Å²) < 4.78 is 2.99. The number of aromatic carboxylic acids is 1. The third kappa shape index (κ3) is 3.53. The number of nitrogens with zero attached hydrogens (tertiary/aromatic N) is 1. The highest BCUT2D eigenvalue weighted by atomic mass is 79.9. The van der Waals surface area contributed by atoms with E-state index in [1.807, 2.05) is 25.1 Å². The van der Waals surface area contributed by atoms with Gasteiger partial charge >= 0.3 is 5.97 Å². The minimum Gasteiger partial charge on any atom is -0.508 e. The van der Waals surface area contributed by atoms with Gasteiger partial charge in [0.05, 0.1) is 11.3 Å². The third-order valence-electron chi connectivity index (χ3n) is 3.93. The zero-order valence-electron chi connectivity index (χ0n) is 13.5. The molecular weight excluding hydrogens is 384 g/mol. The number of carboxylic acids is 1. The molecule has 5 nitrogen and oxygen atoms in total. The molecule has 0 atom stereocenters. The summed E-state index contributed by atoms with van der Waals surface area (Å²) in [6.45, 7) is 2.78. The van der Waals surface area contributed by atoms with Gasteiger partial charge in [-0.1, -0.05) is 15.9 Å². The molecule has 0 spiro atoms. The number of hydrogen-bond donors (Lipinski definition) is 3. The van der Waals surface area contributed by atoms with E-state index in [1.54, 1.807) is 36.4 Å². The molecule has 3 rings (SSSR count). The summed E-state index contributed by atoms with van der Waals surface area (Å²) in [5.41, 5.74) is 2.92. The topological polar surface area (TPSA) is 74.5 Å². The Hall–Kier alpha value is -2.73. The number of phenols is 1. The van der Waals surface area contributed by atoms with Crippen molar-refractivity contribution in [3.05, 3.63) is 64.6 Å². The zero-order chi connectivity index (χ0) is 18.0. The number of halogens is 1. The Bertz CT molecular complexity index is 917. The van der Waals surface area contributed by atoms with Gasteiger partial charge in [-0.15, -0.1) is 0 Å². The summed E-state index contributed by atoms with van der Waals surface area (Å²) in [6, 6.07) is 15.7. The highest BCUT2D eigenvalue weighted by Crippen LogP contribution is 2.34. The molecule has 1 heterocycles. The molecule has 0 aliphatic carbocycles. The van der Waals surface area contributed by atoms with E-state index in [2.05, 4.69) is 25.8 Å².